The van der Waals surface area contributed by atoms with E-state index >= 15 is 0 Å². The van der Waals surface area contributed by atoms with Crippen LogP contribution in [0.25, 0.3) is 0 Å². The molecule has 1 unspecified atom stereocenters. The van der Waals surface area contributed by atoms with Crippen LogP contribution in [0.4, 0.5) is 0 Å². The van der Waals surface area contributed by atoms with Gasteiger partial charge in [0.15, 0.2) is 0 Å². The molecule has 2 rings (SSSR count). The Labute approximate surface area is 111 Å². The summed E-state index contributed by atoms with van der Waals surface area (Å²) >= 11 is 6.06. The lowest BCUT2D eigenvalue weighted by molar-refractivity contribution is 0.262. The van der Waals surface area contributed by atoms with Crippen LogP contribution in [-0.4, -0.2) is 0 Å². The third-order valence-corrected chi connectivity index (χ3v) is 2.92. The van der Waals surface area contributed by atoms with Crippen LogP contribution < -0.4 is 4.74 Å². The van der Waals surface area contributed by atoms with Gasteiger partial charge in [0.25, 0.3) is 0 Å². The minimum Gasteiger partial charge on any atom is -0.471 e. The van der Waals surface area contributed by atoms with Gasteiger partial charge in [0.05, 0.1) is 0 Å². The molecular weight excluding hydrogens is 246 g/mol. The van der Waals surface area contributed by atoms with E-state index in [1.54, 1.807) is 12.1 Å². The van der Waals surface area contributed by atoms with Crippen molar-refractivity contribution in [2.24, 2.45) is 0 Å². The maximum atomic E-state index is 9.19. The van der Waals surface area contributed by atoms with Crippen molar-refractivity contribution in [1.82, 2.24) is 0 Å². The van der Waals surface area contributed by atoms with Crippen LogP contribution in [0.2, 0.25) is 5.02 Å². The van der Waals surface area contributed by atoms with Crippen LogP contribution in [-0.2, 0) is 0 Å². The molecule has 0 spiro atoms. The second-order valence-electron chi connectivity index (χ2n) is 3.96. The van der Waals surface area contributed by atoms with E-state index in [9.17, 15) is 5.26 Å². The van der Waals surface area contributed by atoms with E-state index in [1.165, 1.54) is 0 Å². The van der Waals surface area contributed by atoms with Crippen molar-refractivity contribution in [3.63, 3.8) is 0 Å². The molecule has 0 saturated heterocycles. The Bertz CT molecular complexity index is 572. The van der Waals surface area contributed by atoms with Gasteiger partial charge in [-0.25, -0.2) is 0 Å². The summed E-state index contributed by atoms with van der Waals surface area (Å²) in [6.07, 6.45) is -0.693. The minimum atomic E-state index is -0.693. The Kier molecular flexibility index (Phi) is 3.86. The summed E-state index contributed by atoms with van der Waals surface area (Å²) in [5.74, 6) is 0.659. The molecule has 18 heavy (non-hydrogen) atoms. The van der Waals surface area contributed by atoms with Gasteiger partial charge in [0.2, 0.25) is 6.10 Å². The van der Waals surface area contributed by atoms with Crippen LogP contribution in [0.3, 0.4) is 0 Å². The summed E-state index contributed by atoms with van der Waals surface area (Å²) in [6.45, 7) is 2.00. The summed E-state index contributed by atoms with van der Waals surface area (Å²) in [4.78, 5) is 0. The van der Waals surface area contributed by atoms with E-state index < -0.39 is 6.10 Å². The number of hydrogen-bond acceptors (Lipinski definition) is 2. The lowest BCUT2D eigenvalue weighted by Gasteiger charge is -2.14. The van der Waals surface area contributed by atoms with E-state index in [2.05, 4.69) is 6.07 Å². The van der Waals surface area contributed by atoms with Crippen molar-refractivity contribution in [2.45, 2.75) is 13.0 Å². The van der Waals surface area contributed by atoms with E-state index in [4.69, 9.17) is 16.3 Å². The second kappa shape index (κ2) is 5.57. The number of hydrogen-bond donors (Lipinski definition) is 0. The third kappa shape index (κ3) is 2.82. The third-order valence-electron chi connectivity index (χ3n) is 2.58. The number of halogens is 1. The summed E-state index contributed by atoms with van der Waals surface area (Å²) in [6, 6.07) is 16.9. The molecule has 0 N–H and O–H groups in total. The topological polar surface area (TPSA) is 33.0 Å². The highest BCUT2D eigenvalue weighted by Crippen LogP contribution is 2.27. The molecule has 0 aromatic heterocycles. The SMILES string of the molecule is Cc1ccc(OC(C#N)c2ccccc2Cl)cc1. The fourth-order valence-corrected chi connectivity index (χ4v) is 1.83. The molecule has 0 saturated carbocycles. The normalized spacial score (nSPS) is 11.6. The highest BCUT2D eigenvalue weighted by molar-refractivity contribution is 6.31. The van der Waals surface area contributed by atoms with E-state index in [1.807, 2.05) is 43.3 Å². The van der Waals surface area contributed by atoms with Crippen molar-refractivity contribution in [1.29, 1.82) is 5.26 Å². The Morgan fingerprint density at radius 2 is 1.78 bits per heavy atom. The zero-order chi connectivity index (χ0) is 13.0. The average Bonchev–Trinajstić information content (AvgIpc) is 2.39. The zero-order valence-corrected chi connectivity index (χ0v) is 10.7. The number of nitriles is 1. The molecule has 0 fully saturated rings. The van der Waals surface area contributed by atoms with E-state index in [-0.39, 0.29) is 0 Å². The van der Waals surface area contributed by atoms with Gasteiger partial charge >= 0.3 is 0 Å². The van der Waals surface area contributed by atoms with Crippen molar-refractivity contribution >= 4 is 11.6 Å². The molecule has 0 aliphatic heterocycles. The molecule has 0 amide bonds. The molecule has 3 heteroatoms. The van der Waals surface area contributed by atoms with E-state index in [0.29, 0.717) is 16.3 Å². The minimum absolute atomic E-state index is 0.538. The number of ether oxygens (including phenoxy) is 1. The van der Waals surface area contributed by atoms with Gasteiger partial charge in [0, 0.05) is 10.6 Å². The molecule has 1 atom stereocenters. The first-order chi connectivity index (χ1) is 8.70. The van der Waals surface area contributed by atoms with Crippen molar-refractivity contribution in [2.75, 3.05) is 0 Å². The summed E-state index contributed by atoms with van der Waals surface area (Å²) in [7, 11) is 0. The van der Waals surface area contributed by atoms with Crippen molar-refractivity contribution in [3.8, 4) is 11.8 Å². The van der Waals surface area contributed by atoms with Crippen LogP contribution in [0.1, 0.15) is 17.2 Å². The Morgan fingerprint density at radius 1 is 1.11 bits per heavy atom. The lowest BCUT2D eigenvalue weighted by Crippen LogP contribution is -2.05. The first kappa shape index (κ1) is 12.5. The average molecular weight is 258 g/mol. The quantitative estimate of drug-likeness (QED) is 0.822. The molecule has 0 aliphatic rings. The maximum Gasteiger partial charge on any atom is 0.210 e. The molecule has 2 aromatic rings. The van der Waals surface area contributed by atoms with Gasteiger partial charge < -0.3 is 4.74 Å². The van der Waals surface area contributed by atoms with Crippen LogP contribution in [0.15, 0.2) is 48.5 Å². The fraction of sp³-hybridized carbons (Fsp3) is 0.133. The standard InChI is InChI=1S/C15H12ClNO/c1-11-6-8-12(9-7-11)18-15(10-17)13-4-2-3-5-14(13)16/h2-9,15H,1H3. The lowest BCUT2D eigenvalue weighted by atomic mass is 10.1. The largest absolute Gasteiger partial charge is 0.471 e. The number of benzene rings is 2. The zero-order valence-electron chi connectivity index (χ0n) is 9.93. The first-order valence-corrected chi connectivity index (χ1v) is 5.96. The summed E-state index contributed by atoms with van der Waals surface area (Å²) in [5, 5.41) is 9.72. The van der Waals surface area contributed by atoms with Gasteiger partial charge in [-0.1, -0.05) is 47.5 Å². The number of rotatable bonds is 3. The van der Waals surface area contributed by atoms with Crippen LogP contribution >= 0.6 is 11.6 Å². The van der Waals surface area contributed by atoms with Gasteiger partial charge in [-0.15, -0.1) is 0 Å². The molecule has 2 nitrogen and oxygen atoms in total. The molecule has 0 heterocycles. The Balaban J connectivity index is 2.23. The predicted octanol–water partition coefficient (Wildman–Crippen LogP) is 4.29. The second-order valence-corrected chi connectivity index (χ2v) is 4.37. The Morgan fingerprint density at radius 3 is 2.39 bits per heavy atom. The highest BCUT2D eigenvalue weighted by atomic mass is 35.5. The van der Waals surface area contributed by atoms with Gasteiger partial charge in [-0.2, -0.15) is 5.26 Å². The van der Waals surface area contributed by atoms with E-state index in [0.717, 1.165) is 5.56 Å². The smallest absolute Gasteiger partial charge is 0.210 e. The highest BCUT2D eigenvalue weighted by Gasteiger charge is 2.15. The molecule has 0 bridgehead atoms. The van der Waals surface area contributed by atoms with Crippen molar-refractivity contribution < 1.29 is 4.74 Å². The molecule has 0 aliphatic carbocycles. The van der Waals surface area contributed by atoms with Crippen molar-refractivity contribution in [3.05, 3.63) is 64.7 Å². The molecule has 2 aromatic carbocycles. The number of nitrogens with zero attached hydrogens (tertiary/aromatic N) is 1. The first-order valence-electron chi connectivity index (χ1n) is 5.58. The van der Waals surface area contributed by atoms with Crippen LogP contribution in [0, 0.1) is 18.3 Å². The summed E-state index contributed by atoms with van der Waals surface area (Å²) in [5.41, 5.74) is 1.83. The fourth-order valence-electron chi connectivity index (χ4n) is 1.60. The maximum absolute atomic E-state index is 9.19. The summed E-state index contributed by atoms with van der Waals surface area (Å²) < 4.78 is 5.64. The molecule has 90 valence electrons. The monoisotopic (exact) mass is 257 g/mol. The van der Waals surface area contributed by atoms with Gasteiger partial charge in [0.1, 0.15) is 11.8 Å². The number of aryl methyl sites for hydroxylation is 1. The van der Waals surface area contributed by atoms with Gasteiger partial charge in [-0.3, -0.25) is 0 Å². The van der Waals surface area contributed by atoms with Gasteiger partial charge in [-0.05, 0) is 25.1 Å². The molecule has 0 radical (unpaired) electrons. The van der Waals surface area contributed by atoms with Crippen LogP contribution in [0.5, 0.6) is 5.75 Å². The Hall–Kier alpha value is -1.98. The molecular formula is C15H12ClNO. The predicted molar refractivity (Wildman–Crippen MR) is 71.6 cm³/mol.